The molecule has 1 N–H and O–H groups in total. The summed E-state index contributed by atoms with van der Waals surface area (Å²) in [6.45, 7) is 2.27. The Hall–Kier alpha value is -3.62. The quantitative estimate of drug-likeness (QED) is 0.491. The molecule has 0 radical (unpaired) electrons. The number of hydrogen-bond donors (Lipinski definition) is 1. The Balaban J connectivity index is 1.53. The van der Waals surface area contributed by atoms with Gasteiger partial charge in [0.05, 0.1) is 23.0 Å². The van der Waals surface area contributed by atoms with Crippen LogP contribution in [-0.2, 0) is 13.5 Å². The van der Waals surface area contributed by atoms with Gasteiger partial charge in [-0.3, -0.25) is 9.48 Å². The summed E-state index contributed by atoms with van der Waals surface area (Å²) >= 11 is 0. The molecule has 0 aliphatic carbocycles. The molecule has 1 aliphatic rings. The van der Waals surface area contributed by atoms with Gasteiger partial charge in [0.15, 0.2) is 17.5 Å². The van der Waals surface area contributed by atoms with E-state index < -0.39 is 17.5 Å². The van der Waals surface area contributed by atoms with Gasteiger partial charge >= 0.3 is 0 Å². The molecule has 3 aromatic heterocycles. The van der Waals surface area contributed by atoms with E-state index in [0.717, 1.165) is 23.1 Å². The molecule has 0 saturated heterocycles. The highest BCUT2D eigenvalue weighted by Gasteiger charge is 2.34. The first-order chi connectivity index (χ1) is 14.9. The number of aromatic nitrogens is 4. The Bertz CT molecular complexity index is 1320. The molecule has 4 heterocycles. The predicted octanol–water partition coefficient (Wildman–Crippen LogP) is 4.14. The molecule has 31 heavy (non-hydrogen) atoms. The molecule has 0 spiro atoms. The molecule has 9 heteroatoms. The molecule has 1 aliphatic heterocycles. The smallest absolute Gasteiger partial charge is 0.256 e. The number of halogens is 3. The number of pyridine rings is 1. The molecule has 4 aromatic rings. The first kappa shape index (κ1) is 19.3. The number of rotatable bonds is 2. The van der Waals surface area contributed by atoms with E-state index in [1.165, 1.54) is 4.68 Å². The van der Waals surface area contributed by atoms with Crippen LogP contribution in [0.4, 0.5) is 13.2 Å². The standard InChI is InChI=1S/C22H18F3N5O/c1-11-19-14(20(29(2)28-19)12-8-16(23)18(25)17(24)9-12)5-7-30(11)22(31)15-10-27-21-13(15)4-3-6-26-21/h3-4,6,8-11H,5,7H2,1-2H3,(H,26,27)/t11-/m0/s1. The first-order valence-corrected chi connectivity index (χ1v) is 9.80. The summed E-state index contributed by atoms with van der Waals surface area (Å²) in [5.41, 5.74) is 3.34. The Kier molecular flexibility index (Phi) is 4.35. The van der Waals surface area contributed by atoms with Crippen LogP contribution in [0.2, 0.25) is 0 Å². The second kappa shape index (κ2) is 6.97. The zero-order valence-electron chi connectivity index (χ0n) is 16.8. The van der Waals surface area contributed by atoms with Gasteiger partial charge in [-0.25, -0.2) is 18.2 Å². The molecular formula is C22H18F3N5O. The van der Waals surface area contributed by atoms with E-state index >= 15 is 0 Å². The van der Waals surface area contributed by atoms with Crippen molar-refractivity contribution < 1.29 is 18.0 Å². The summed E-state index contributed by atoms with van der Waals surface area (Å²) in [6.07, 6.45) is 3.76. The fraction of sp³-hybridized carbons (Fsp3) is 0.227. The molecule has 158 valence electrons. The number of aromatic amines is 1. The number of fused-ring (bicyclic) bond motifs is 2. The molecule has 0 saturated carbocycles. The second-order valence-corrected chi connectivity index (χ2v) is 7.62. The fourth-order valence-electron chi connectivity index (χ4n) is 4.36. The van der Waals surface area contributed by atoms with Crippen molar-refractivity contribution in [3.63, 3.8) is 0 Å². The monoisotopic (exact) mass is 425 g/mol. The van der Waals surface area contributed by atoms with E-state index in [-0.39, 0.29) is 17.5 Å². The van der Waals surface area contributed by atoms with E-state index in [4.69, 9.17) is 0 Å². The highest BCUT2D eigenvalue weighted by molar-refractivity contribution is 6.06. The minimum atomic E-state index is -1.50. The van der Waals surface area contributed by atoms with Crippen LogP contribution in [0.1, 0.15) is 34.6 Å². The predicted molar refractivity (Wildman–Crippen MR) is 108 cm³/mol. The van der Waals surface area contributed by atoms with Crippen LogP contribution in [0, 0.1) is 17.5 Å². The number of aryl methyl sites for hydroxylation is 1. The van der Waals surface area contributed by atoms with Gasteiger partial charge in [-0.1, -0.05) is 0 Å². The van der Waals surface area contributed by atoms with Crippen molar-refractivity contribution in [2.75, 3.05) is 6.54 Å². The first-order valence-electron chi connectivity index (χ1n) is 9.80. The van der Waals surface area contributed by atoms with Gasteiger partial charge in [-0.2, -0.15) is 5.10 Å². The number of nitrogens with one attached hydrogen (secondary N) is 1. The van der Waals surface area contributed by atoms with Crippen LogP contribution < -0.4 is 0 Å². The normalized spacial score (nSPS) is 16.0. The summed E-state index contributed by atoms with van der Waals surface area (Å²) in [5, 5.41) is 5.27. The van der Waals surface area contributed by atoms with Crippen molar-refractivity contribution in [1.29, 1.82) is 0 Å². The van der Waals surface area contributed by atoms with E-state index in [9.17, 15) is 18.0 Å². The van der Waals surface area contributed by atoms with Gasteiger partial charge in [0.25, 0.3) is 5.91 Å². The van der Waals surface area contributed by atoms with Gasteiger partial charge in [0.1, 0.15) is 5.65 Å². The van der Waals surface area contributed by atoms with E-state index in [0.29, 0.717) is 35.6 Å². The molecule has 5 rings (SSSR count). The van der Waals surface area contributed by atoms with Crippen molar-refractivity contribution >= 4 is 16.9 Å². The molecule has 1 amide bonds. The van der Waals surface area contributed by atoms with Crippen LogP contribution in [0.5, 0.6) is 0 Å². The summed E-state index contributed by atoms with van der Waals surface area (Å²) in [5.74, 6) is -4.15. The molecular weight excluding hydrogens is 407 g/mol. The Morgan fingerprint density at radius 2 is 1.97 bits per heavy atom. The minimum absolute atomic E-state index is 0.150. The molecule has 1 atom stereocenters. The number of nitrogens with zero attached hydrogens (tertiary/aromatic N) is 4. The van der Waals surface area contributed by atoms with Gasteiger partial charge in [0, 0.05) is 42.5 Å². The highest BCUT2D eigenvalue weighted by Crippen LogP contribution is 2.37. The number of amides is 1. The van der Waals surface area contributed by atoms with E-state index in [1.807, 2.05) is 13.0 Å². The minimum Gasteiger partial charge on any atom is -0.345 e. The van der Waals surface area contributed by atoms with Crippen LogP contribution >= 0.6 is 0 Å². The van der Waals surface area contributed by atoms with Crippen molar-refractivity contribution in [2.24, 2.45) is 7.05 Å². The van der Waals surface area contributed by atoms with Crippen LogP contribution in [0.25, 0.3) is 22.3 Å². The molecule has 0 bridgehead atoms. The van der Waals surface area contributed by atoms with Crippen molar-refractivity contribution in [2.45, 2.75) is 19.4 Å². The van der Waals surface area contributed by atoms with E-state index in [2.05, 4.69) is 15.1 Å². The Morgan fingerprint density at radius 1 is 1.23 bits per heavy atom. The van der Waals surface area contributed by atoms with Gasteiger partial charge < -0.3 is 9.88 Å². The summed E-state index contributed by atoms with van der Waals surface area (Å²) in [4.78, 5) is 22.2. The maximum Gasteiger partial charge on any atom is 0.256 e. The maximum atomic E-state index is 13.8. The summed E-state index contributed by atoms with van der Waals surface area (Å²) in [7, 11) is 1.66. The van der Waals surface area contributed by atoms with E-state index in [1.54, 1.807) is 30.4 Å². The van der Waals surface area contributed by atoms with Crippen LogP contribution in [0.15, 0.2) is 36.7 Å². The lowest BCUT2D eigenvalue weighted by atomic mass is 9.95. The van der Waals surface area contributed by atoms with Crippen molar-refractivity contribution in [3.05, 3.63) is 70.9 Å². The number of carbonyl (C=O) groups is 1. The van der Waals surface area contributed by atoms with Gasteiger partial charge in [-0.15, -0.1) is 0 Å². The Morgan fingerprint density at radius 3 is 2.71 bits per heavy atom. The van der Waals surface area contributed by atoms with Crippen LogP contribution in [0.3, 0.4) is 0 Å². The highest BCUT2D eigenvalue weighted by atomic mass is 19.2. The zero-order chi connectivity index (χ0) is 21.9. The number of hydrogen-bond acceptors (Lipinski definition) is 3. The molecule has 0 fully saturated rings. The second-order valence-electron chi connectivity index (χ2n) is 7.62. The van der Waals surface area contributed by atoms with Crippen molar-refractivity contribution in [3.8, 4) is 11.3 Å². The fourth-order valence-corrected chi connectivity index (χ4v) is 4.36. The summed E-state index contributed by atoms with van der Waals surface area (Å²) in [6, 6.07) is 5.19. The average Bonchev–Trinajstić information content (AvgIpc) is 3.32. The lowest BCUT2D eigenvalue weighted by Gasteiger charge is -2.33. The number of carbonyl (C=O) groups excluding carboxylic acids is 1. The SMILES string of the molecule is C[C@H]1c2nn(C)c(-c3cc(F)c(F)c(F)c3)c2CCN1C(=O)c1c[nH]c2ncccc12. The van der Waals surface area contributed by atoms with Gasteiger partial charge in [0.2, 0.25) is 0 Å². The third-order valence-corrected chi connectivity index (χ3v) is 5.84. The largest absolute Gasteiger partial charge is 0.345 e. The lowest BCUT2D eigenvalue weighted by molar-refractivity contribution is 0.0675. The zero-order valence-corrected chi connectivity index (χ0v) is 16.8. The lowest BCUT2D eigenvalue weighted by Crippen LogP contribution is -2.38. The third kappa shape index (κ3) is 2.91. The number of benzene rings is 1. The number of H-pyrrole nitrogens is 1. The third-order valence-electron chi connectivity index (χ3n) is 5.84. The molecule has 6 nitrogen and oxygen atoms in total. The topological polar surface area (TPSA) is 66.8 Å². The molecule has 0 unspecified atom stereocenters. The summed E-state index contributed by atoms with van der Waals surface area (Å²) < 4.78 is 42.6. The Labute approximate surface area is 175 Å². The maximum absolute atomic E-state index is 13.8. The average molecular weight is 425 g/mol. The molecule has 1 aromatic carbocycles. The van der Waals surface area contributed by atoms with Gasteiger partial charge in [-0.05, 0) is 37.6 Å². The van der Waals surface area contributed by atoms with Crippen molar-refractivity contribution in [1.82, 2.24) is 24.6 Å². The van der Waals surface area contributed by atoms with Crippen LogP contribution in [-0.4, -0.2) is 37.1 Å².